The number of halogens is 1. The summed E-state index contributed by atoms with van der Waals surface area (Å²) < 4.78 is 0. The number of benzene rings is 2. The van der Waals surface area contributed by atoms with Gasteiger partial charge in [0.1, 0.15) is 11.4 Å². The van der Waals surface area contributed by atoms with Crippen molar-refractivity contribution in [2.45, 2.75) is 77.5 Å². The Kier molecular flexibility index (Phi) is 8.30. The molecule has 2 unspecified atom stereocenters. The fraction of sp³-hybridized carbons (Fsp3) is 0.467. The zero-order valence-electron chi connectivity index (χ0n) is 23.2. The van der Waals surface area contributed by atoms with E-state index in [2.05, 4.69) is 51.6 Å². The van der Waals surface area contributed by atoms with Gasteiger partial charge in [-0.05, 0) is 67.3 Å². The highest BCUT2D eigenvalue weighted by Crippen LogP contribution is 2.48. The largest absolute Gasteiger partial charge is 0.345 e. The summed E-state index contributed by atoms with van der Waals surface area (Å²) in [5, 5.41) is 17.0. The Morgan fingerprint density at radius 1 is 1.18 bits per heavy atom. The second kappa shape index (κ2) is 11.9. The fourth-order valence-electron chi connectivity index (χ4n) is 6.43. The number of rotatable bonds is 9. The van der Waals surface area contributed by atoms with E-state index in [0.29, 0.717) is 34.0 Å². The number of carbonyl (C=O) groups is 2. The number of tetrazole rings is 1. The monoisotopic (exact) mass is 561 g/mol. The molecule has 1 fully saturated rings. The maximum atomic E-state index is 14.3. The van der Waals surface area contributed by atoms with E-state index in [0.717, 1.165) is 49.7 Å². The van der Waals surface area contributed by atoms with E-state index in [4.69, 9.17) is 16.6 Å². The molecule has 2 N–H and O–H groups in total. The van der Waals surface area contributed by atoms with Crippen LogP contribution in [0.2, 0.25) is 5.02 Å². The number of aromatic nitrogens is 4. The molecule has 40 heavy (non-hydrogen) atoms. The van der Waals surface area contributed by atoms with Gasteiger partial charge in [-0.15, -0.1) is 10.2 Å². The molecule has 10 heteroatoms. The topological polar surface area (TPSA) is 116 Å². The van der Waals surface area contributed by atoms with E-state index >= 15 is 0 Å². The smallest absolute Gasteiger partial charge is 0.275 e. The van der Waals surface area contributed by atoms with Crippen LogP contribution in [-0.4, -0.2) is 48.7 Å². The summed E-state index contributed by atoms with van der Waals surface area (Å²) in [6.07, 6.45) is 5.57. The number of aliphatic imine (C=N–C) groups is 1. The van der Waals surface area contributed by atoms with Crippen LogP contribution in [0.25, 0.3) is 0 Å². The molecule has 2 amide bonds. The van der Waals surface area contributed by atoms with Gasteiger partial charge < -0.3 is 10.2 Å². The van der Waals surface area contributed by atoms with Crippen LogP contribution in [0.4, 0.5) is 0 Å². The first kappa shape index (κ1) is 28.0. The Morgan fingerprint density at radius 3 is 2.58 bits per heavy atom. The maximum absolute atomic E-state index is 14.3. The molecule has 1 aromatic heterocycles. The molecule has 2 aliphatic rings. The second-order valence-electron chi connectivity index (χ2n) is 11.3. The van der Waals surface area contributed by atoms with Crippen LogP contribution in [0, 0.1) is 11.8 Å². The number of aromatic amines is 1. The number of nitrogens with one attached hydrogen (secondary N) is 2. The van der Waals surface area contributed by atoms with Crippen molar-refractivity contribution in [3.63, 3.8) is 0 Å². The van der Waals surface area contributed by atoms with Crippen LogP contribution in [-0.2, 0) is 11.3 Å². The molecule has 1 aliphatic heterocycles. The van der Waals surface area contributed by atoms with E-state index in [-0.39, 0.29) is 24.4 Å². The van der Waals surface area contributed by atoms with Crippen LogP contribution < -0.4 is 5.32 Å². The molecule has 1 spiro atoms. The third-order valence-corrected chi connectivity index (χ3v) is 8.18. The molecule has 1 saturated carbocycles. The van der Waals surface area contributed by atoms with Gasteiger partial charge in [0, 0.05) is 16.1 Å². The fourth-order valence-corrected chi connectivity index (χ4v) is 6.62. The molecule has 0 bridgehead atoms. The van der Waals surface area contributed by atoms with Gasteiger partial charge in [0.15, 0.2) is 5.82 Å². The lowest BCUT2D eigenvalue weighted by Crippen LogP contribution is -2.52. The van der Waals surface area contributed by atoms with Crippen molar-refractivity contribution in [1.29, 1.82) is 0 Å². The normalized spacial score (nSPS) is 23.4. The lowest BCUT2D eigenvalue weighted by Gasteiger charge is -2.47. The quantitative estimate of drug-likeness (QED) is 0.358. The standard InChI is InChI=1S/C30H36ClN7O2/c1-4-5-9-25(21-10-12-22(13-11-21)28(39)32-18-26-34-36-37-35-26)38-29(40)27(23-7-6-8-24(31)15-23)33-30(38)16-19(2)14-20(3)17-30/h6-8,10-13,15,19-20,25H,4-5,9,14,16-18H2,1-3H3,(H,32,39)(H,34,35,36,37)/t19?,20?,25-,30?/m1/s1. The van der Waals surface area contributed by atoms with Crippen LogP contribution in [0.5, 0.6) is 0 Å². The number of nitrogens with zero attached hydrogens (tertiary/aromatic N) is 5. The minimum atomic E-state index is -0.606. The van der Waals surface area contributed by atoms with Crippen molar-refractivity contribution in [1.82, 2.24) is 30.8 Å². The summed E-state index contributed by atoms with van der Waals surface area (Å²) in [7, 11) is 0. The minimum Gasteiger partial charge on any atom is -0.345 e. The number of unbranched alkanes of at least 4 members (excludes halogenated alkanes) is 1. The van der Waals surface area contributed by atoms with Crippen molar-refractivity contribution in [2.24, 2.45) is 16.8 Å². The highest BCUT2D eigenvalue weighted by molar-refractivity contribution is 6.47. The second-order valence-corrected chi connectivity index (χ2v) is 11.7. The first-order valence-corrected chi connectivity index (χ1v) is 14.5. The Bertz CT molecular complexity index is 1360. The van der Waals surface area contributed by atoms with Crippen molar-refractivity contribution < 1.29 is 9.59 Å². The van der Waals surface area contributed by atoms with Crippen LogP contribution in [0.15, 0.2) is 53.5 Å². The number of hydrogen-bond donors (Lipinski definition) is 2. The SMILES string of the molecule is CCCC[C@H](c1ccc(C(=O)NCc2nn[nH]n2)cc1)N1C(=O)C(c2cccc(Cl)c2)=NC12CC(C)CC(C)C2. The third kappa shape index (κ3) is 5.80. The lowest BCUT2D eigenvalue weighted by molar-refractivity contribution is -0.134. The summed E-state index contributed by atoms with van der Waals surface area (Å²) in [6.45, 7) is 6.86. The van der Waals surface area contributed by atoms with Gasteiger partial charge >= 0.3 is 0 Å². The summed E-state index contributed by atoms with van der Waals surface area (Å²) >= 11 is 6.33. The summed E-state index contributed by atoms with van der Waals surface area (Å²) in [4.78, 5) is 34.4. The molecule has 2 aromatic carbocycles. The first-order valence-electron chi connectivity index (χ1n) is 14.1. The maximum Gasteiger partial charge on any atom is 0.275 e. The van der Waals surface area contributed by atoms with Crippen LogP contribution in [0.1, 0.15) is 92.6 Å². The Labute approximate surface area is 239 Å². The van der Waals surface area contributed by atoms with Crippen molar-refractivity contribution in [3.8, 4) is 0 Å². The molecule has 5 rings (SSSR count). The summed E-state index contributed by atoms with van der Waals surface area (Å²) in [5.41, 5.74) is 2.17. The van der Waals surface area contributed by atoms with E-state index in [1.165, 1.54) is 0 Å². The number of amides is 2. The van der Waals surface area contributed by atoms with E-state index < -0.39 is 5.66 Å². The van der Waals surface area contributed by atoms with Gasteiger partial charge in [0.25, 0.3) is 11.8 Å². The van der Waals surface area contributed by atoms with Gasteiger partial charge in [-0.2, -0.15) is 5.21 Å². The Morgan fingerprint density at radius 2 is 1.93 bits per heavy atom. The molecule has 0 saturated heterocycles. The highest BCUT2D eigenvalue weighted by atomic mass is 35.5. The van der Waals surface area contributed by atoms with Gasteiger partial charge in [-0.3, -0.25) is 14.6 Å². The predicted octanol–water partition coefficient (Wildman–Crippen LogP) is 5.50. The van der Waals surface area contributed by atoms with Gasteiger partial charge in [-0.1, -0.05) is 74.7 Å². The number of H-pyrrole nitrogens is 1. The van der Waals surface area contributed by atoms with Gasteiger partial charge in [0.05, 0.1) is 12.6 Å². The van der Waals surface area contributed by atoms with Crippen molar-refractivity contribution in [3.05, 3.63) is 76.1 Å². The van der Waals surface area contributed by atoms with Crippen LogP contribution in [0.3, 0.4) is 0 Å². The molecule has 3 aromatic rings. The Hall–Kier alpha value is -3.59. The lowest BCUT2D eigenvalue weighted by atomic mass is 9.75. The minimum absolute atomic E-state index is 0.0494. The molecule has 9 nitrogen and oxygen atoms in total. The Balaban J connectivity index is 1.48. The van der Waals surface area contributed by atoms with Crippen molar-refractivity contribution >= 4 is 29.1 Å². The van der Waals surface area contributed by atoms with Gasteiger partial charge in [0.2, 0.25) is 0 Å². The first-order chi connectivity index (χ1) is 19.3. The van der Waals surface area contributed by atoms with Gasteiger partial charge in [-0.25, -0.2) is 0 Å². The third-order valence-electron chi connectivity index (χ3n) is 7.94. The number of carbonyl (C=O) groups excluding carboxylic acids is 2. The molecular formula is C30H36ClN7O2. The van der Waals surface area contributed by atoms with E-state index in [1.54, 1.807) is 0 Å². The molecule has 1 aliphatic carbocycles. The number of hydrogen-bond acceptors (Lipinski definition) is 6. The molecule has 0 radical (unpaired) electrons. The molecule has 210 valence electrons. The molecular weight excluding hydrogens is 526 g/mol. The average molecular weight is 562 g/mol. The zero-order chi connectivity index (χ0) is 28.3. The molecule has 3 atom stereocenters. The van der Waals surface area contributed by atoms with E-state index in [9.17, 15) is 9.59 Å². The van der Waals surface area contributed by atoms with Crippen LogP contribution >= 0.6 is 11.6 Å². The highest BCUT2D eigenvalue weighted by Gasteiger charge is 2.53. The predicted molar refractivity (Wildman–Crippen MR) is 154 cm³/mol. The zero-order valence-corrected chi connectivity index (χ0v) is 24.0. The summed E-state index contributed by atoms with van der Waals surface area (Å²) in [6, 6.07) is 14.8. The van der Waals surface area contributed by atoms with Crippen molar-refractivity contribution in [2.75, 3.05) is 0 Å². The summed E-state index contributed by atoms with van der Waals surface area (Å²) in [5.74, 6) is 1.02. The molecule has 2 heterocycles. The van der Waals surface area contributed by atoms with E-state index in [1.807, 2.05) is 48.5 Å². The average Bonchev–Trinajstić information content (AvgIpc) is 3.54.